The molecule has 0 unspecified atom stereocenters. The van der Waals surface area contributed by atoms with E-state index in [2.05, 4.69) is 23.1 Å². The lowest BCUT2D eigenvalue weighted by molar-refractivity contribution is -0.159. The second kappa shape index (κ2) is 13.2. The first kappa shape index (κ1) is 26.7. The largest absolute Gasteiger partial charge is 0.497 e. The second-order valence-electron chi connectivity index (χ2n) is 8.02. The number of hydrogen-bond acceptors (Lipinski definition) is 6. The fraction of sp³-hybridized carbons (Fsp3) is 0.400. The van der Waals surface area contributed by atoms with Crippen LogP contribution in [0.25, 0.3) is 0 Å². The third kappa shape index (κ3) is 8.08. The van der Waals surface area contributed by atoms with E-state index < -0.39 is 11.9 Å². The molecule has 9 nitrogen and oxygen atoms in total. The van der Waals surface area contributed by atoms with Crippen molar-refractivity contribution in [2.45, 2.75) is 25.9 Å². The van der Waals surface area contributed by atoms with Gasteiger partial charge in [-0.15, -0.1) is 0 Å². The molecule has 34 heavy (non-hydrogen) atoms. The van der Waals surface area contributed by atoms with Gasteiger partial charge in [0.2, 0.25) is 5.91 Å². The number of ether oxygens (including phenoxy) is 2. The van der Waals surface area contributed by atoms with Crippen LogP contribution in [0, 0.1) is 5.92 Å². The van der Waals surface area contributed by atoms with E-state index in [-0.39, 0.29) is 11.8 Å². The topological polar surface area (TPSA) is 117 Å². The lowest BCUT2D eigenvalue weighted by Gasteiger charge is -2.33. The summed E-state index contributed by atoms with van der Waals surface area (Å²) in [6, 6.07) is 16.1. The van der Waals surface area contributed by atoms with Gasteiger partial charge in [0.15, 0.2) is 0 Å². The SMILES string of the molecule is COc1ccc(CN2CCC(C(=O)N(C)Cc3ccccc3)CC2)c(OC)c1.O=C(O)C(=O)O. The number of benzene rings is 2. The molecule has 0 bridgehead atoms. The summed E-state index contributed by atoms with van der Waals surface area (Å²) in [6.07, 6.45) is 1.80. The molecule has 0 atom stereocenters. The van der Waals surface area contributed by atoms with Crippen molar-refractivity contribution in [3.05, 3.63) is 59.7 Å². The molecule has 3 rings (SSSR count). The van der Waals surface area contributed by atoms with Gasteiger partial charge in [0, 0.05) is 37.7 Å². The molecular formula is C25H32N2O7. The summed E-state index contributed by atoms with van der Waals surface area (Å²) in [4.78, 5) is 35.3. The van der Waals surface area contributed by atoms with Crippen LogP contribution < -0.4 is 9.47 Å². The van der Waals surface area contributed by atoms with Crippen LogP contribution in [0.15, 0.2) is 48.5 Å². The smallest absolute Gasteiger partial charge is 0.414 e. The molecule has 0 spiro atoms. The first-order chi connectivity index (χ1) is 16.2. The van der Waals surface area contributed by atoms with Crippen molar-refractivity contribution in [1.29, 1.82) is 0 Å². The van der Waals surface area contributed by atoms with E-state index in [0.717, 1.165) is 49.5 Å². The predicted octanol–water partition coefficient (Wildman–Crippen LogP) is 2.73. The summed E-state index contributed by atoms with van der Waals surface area (Å²) >= 11 is 0. The van der Waals surface area contributed by atoms with Crippen LogP contribution >= 0.6 is 0 Å². The van der Waals surface area contributed by atoms with E-state index in [4.69, 9.17) is 29.3 Å². The van der Waals surface area contributed by atoms with Crippen molar-refractivity contribution in [3.8, 4) is 11.5 Å². The normalized spacial score (nSPS) is 13.9. The molecular weight excluding hydrogens is 440 g/mol. The first-order valence-corrected chi connectivity index (χ1v) is 10.9. The van der Waals surface area contributed by atoms with Crippen molar-refractivity contribution in [2.75, 3.05) is 34.4 Å². The molecule has 2 N–H and O–H groups in total. The van der Waals surface area contributed by atoms with Gasteiger partial charge >= 0.3 is 11.9 Å². The second-order valence-corrected chi connectivity index (χ2v) is 8.02. The number of likely N-dealkylation sites (tertiary alicyclic amines) is 1. The summed E-state index contributed by atoms with van der Waals surface area (Å²) in [6.45, 7) is 3.34. The van der Waals surface area contributed by atoms with Crippen LogP contribution in [-0.2, 0) is 27.5 Å². The monoisotopic (exact) mass is 472 g/mol. The quantitative estimate of drug-likeness (QED) is 0.591. The fourth-order valence-electron chi connectivity index (χ4n) is 3.81. The maximum absolute atomic E-state index is 12.8. The van der Waals surface area contributed by atoms with E-state index in [1.807, 2.05) is 42.3 Å². The molecule has 9 heteroatoms. The Bertz CT molecular complexity index is 945. The van der Waals surface area contributed by atoms with Crippen molar-refractivity contribution in [1.82, 2.24) is 9.80 Å². The summed E-state index contributed by atoms with van der Waals surface area (Å²) in [7, 11) is 5.25. The average Bonchev–Trinajstić information content (AvgIpc) is 2.85. The molecule has 1 amide bonds. The van der Waals surface area contributed by atoms with Crippen LogP contribution in [0.1, 0.15) is 24.0 Å². The number of aliphatic carboxylic acids is 2. The number of rotatable bonds is 7. The zero-order chi connectivity index (χ0) is 25.1. The van der Waals surface area contributed by atoms with Gasteiger partial charge in [0.05, 0.1) is 14.2 Å². The highest BCUT2D eigenvalue weighted by Gasteiger charge is 2.27. The van der Waals surface area contributed by atoms with Gasteiger partial charge in [-0.1, -0.05) is 36.4 Å². The average molecular weight is 473 g/mol. The molecule has 0 radical (unpaired) electrons. The Morgan fingerprint density at radius 2 is 1.59 bits per heavy atom. The molecule has 2 aromatic carbocycles. The molecule has 0 saturated carbocycles. The molecule has 1 heterocycles. The molecule has 1 aliphatic rings. The molecule has 184 valence electrons. The summed E-state index contributed by atoms with van der Waals surface area (Å²) in [5.41, 5.74) is 2.32. The number of carboxylic acid groups (broad SMARTS) is 2. The standard InChI is InChI=1S/C23H30N2O3.C2H2O4/c1-24(16-18-7-5-4-6-8-18)23(26)19-11-13-25(14-12-19)17-20-9-10-21(27-2)15-22(20)28-3;3-1(4)2(5)6/h4-10,15,19H,11-14,16-17H2,1-3H3;(H,3,4)(H,5,6). The number of carbonyl (C=O) groups excluding carboxylic acids is 1. The van der Waals surface area contributed by atoms with Crippen LogP contribution in [-0.4, -0.2) is 72.2 Å². The van der Waals surface area contributed by atoms with E-state index in [1.54, 1.807) is 14.2 Å². The van der Waals surface area contributed by atoms with Crippen molar-refractivity contribution >= 4 is 17.8 Å². The Balaban J connectivity index is 0.000000604. The summed E-state index contributed by atoms with van der Waals surface area (Å²) in [5, 5.41) is 14.8. The first-order valence-electron chi connectivity index (χ1n) is 10.9. The Morgan fingerprint density at radius 1 is 0.971 bits per heavy atom. The highest BCUT2D eigenvalue weighted by atomic mass is 16.5. The zero-order valence-electron chi connectivity index (χ0n) is 19.8. The van der Waals surface area contributed by atoms with Gasteiger partial charge in [-0.2, -0.15) is 0 Å². The summed E-state index contributed by atoms with van der Waals surface area (Å²) in [5.74, 6) is -1.63. The highest BCUT2D eigenvalue weighted by molar-refractivity contribution is 6.27. The summed E-state index contributed by atoms with van der Waals surface area (Å²) < 4.78 is 10.8. The maximum Gasteiger partial charge on any atom is 0.414 e. The van der Waals surface area contributed by atoms with E-state index in [0.29, 0.717) is 6.54 Å². The Morgan fingerprint density at radius 3 is 2.12 bits per heavy atom. The predicted molar refractivity (Wildman–Crippen MR) is 126 cm³/mol. The Kier molecular flexibility index (Phi) is 10.3. The fourth-order valence-corrected chi connectivity index (χ4v) is 3.81. The molecule has 0 aliphatic carbocycles. The van der Waals surface area contributed by atoms with Crippen molar-refractivity contribution in [2.24, 2.45) is 5.92 Å². The number of amides is 1. The van der Waals surface area contributed by atoms with E-state index in [1.165, 1.54) is 5.56 Å². The van der Waals surface area contributed by atoms with Gasteiger partial charge < -0.3 is 24.6 Å². The van der Waals surface area contributed by atoms with Gasteiger partial charge in [-0.3, -0.25) is 9.69 Å². The minimum absolute atomic E-state index is 0.114. The third-order valence-electron chi connectivity index (χ3n) is 5.65. The number of hydrogen-bond donors (Lipinski definition) is 2. The molecule has 1 aliphatic heterocycles. The van der Waals surface area contributed by atoms with Gasteiger partial charge in [-0.25, -0.2) is 9.59 Å². The van der Waals surface area contributed by atoms with Crippen LogP contribution in [0.5, 0.6) is 11.5 Å². The minimum atomic E-state index is -1.82. The van der Waals surface area contributed by atoms with Crippen LogP contribution in [0.3, 0.4) is 0 Å². The highest BCUT2D eigenvalue weighted by Crippen LogP contribution is 2.28. The number of carbonyl (C=O) groups is 3. The van der Waals surface area contributed by atoms with Gasteiger partial charge in [0.1, 0.15) is 11.5 Å². The van der Waals surface area contributed by atoms with E-state index >= 15 is 0 Å². The van der Waals surface area contributed by atoms with E-state index in [9.17, 15) is 4.79 Å². The minimum Gasteiger partial charge on any atom is -0.497 e. The number of piperidine rings is 1. The number of carboxylic acids is 2. The number of nitrogens with zero attached hydrogens (tertiary/aromatic N) is 2. The lowest BCUT2D eigenvalue weighted by Crippen LogP contribution is -2.40. The lowest BCUT2D eigenvalue weighted by atomic mass is 9.94. The molecule has 2 aromatic rings. The van der Waals surface area contributed by atoms with Crippen molar-refractivity contribution in [3.63, 3.8) is 0 Å². The number of methoxy groups -OCH3 is 2. The third-order valence-corrected chi connectivity index (χ3v) is 5.65. The Hall–Kier alpha value is -3.59. The Labute approximate surface area is 199 Å². The maximum atomic E-state index is 12.8. The zero-order valence-corrected chi connectivity index (χ0v) is 19.8. The van der Waals surface area contributed by atoms with Gasteiger partial charge in [0.25, 0.3) is 0 Å². The van der Waals surface area contributed by atoms with Crippen molar-refractivity contribution < 1.29 is 34.1 Å². The molecule has 1 fully saturated rings. The van der Waals surface area contributed by atoms with Gasteiger partial charge in [-0.05, 0) is 37.6 Å². The van der Waals surface area contributed by atoms with Crippen LogP contribution in [0.2, 0.25) is 0 Å². The molecule has 1 saturated heterocycles. The van der Waals surface area contributed by atoms with Crippen LogP contribution in [0.4, 0.5) is 0 Å². The molecule has 0 aromatic heterocycles.